The fourth-order valence-corrected chi connectivity index (χ4v) is 3.13. The van der Waals surface area contributed by atoms with Crippen molar-refractivity contribution in [2.24, 2.45) is 5.92 Å². The molecule has 0 radical (unpaired) electrons. The lowest BCUT2D eigenvalue weighted by Crippen LogP contribution is -2.09. The summed E-state index contributed by atoms with van der Waals surface area (Å²) in [5.41, 5.74) is 0.599. The van der Waals surface area contributed by atoms with Crippen molar-refractivity contribution in [1.29, 1.82) is 0 Å². The molecule has 0 N–H and O–H groups in total. The average molecular weight is 391 g/mol. The van der Waals surface area contributed by atoms with E-state index in [0.29, 0.717) is 22.8 Å². The van der Waals surface area contributed by atoms with Crippen LogP contribution in [0.3, 0.4) is 0 Å². The Morgan fingerprint density at radius 1 is 1.22 bits per heavy atom. The molecule has 4 rings (SSSR count). The molecule has 1 heterocycles. The number of ether oxygens (including phenoxy) is 1. The largest absolute Gasteiger partial charge is 0.455 e. The molecule has 0 bridgehead atoms. The fourth-order valence-electron chi connectivity index (χ4n) is 2.94. The van der Waals surface area contributed by atoms with Crippen molar-refractivity contribution in [2.45, 2.75) is 18.9 Å². The second kappa shape index (κ2) is 7.08. The standard InChI is InChI=1S/C19H13ClF2N2O3/c20-11-4-1-3-10(7-11)18-23-16(27-24-18)9-26-19(25)13-8-12(13)17-14(21)5-2-6-15(17)22/h1-7,12-13H,8-9H2. The molecule has 138 valence electrons. The van der Waals surface area contributed by atoms with Crippen molar-refractivity contribution in [3.05, 3.63) is 70.6 Å². The number of halogens is 3. The van der Waals surface area contributed by atoms with Crippen LogP contribution in [0.1, 0.15) is 23.8 Å². The van der Waals surface area contributed by atoms with Gasteiger partial charge >= 0.3 is 5.97 Å². The summed E-state index contributed by atoms with van der Waals surface area (Å²) >= 11 is 5.92. The van der Waals surface area contributed by atoms with Gasteiger partial charge in [-0.2, -0.15) is 4.98 Å². The highest BCUT2D eigenvalue weighted by Gasteiger charge is 2.47. The van der Waals surface area contributed by atoms with Crippen molar-refractivity contribution in [2.75, 3.05) is 0 Å². The predicted molar refractivity (Wildman–Crippen MR) is 91.7 cm³/mol. The monoisotopic (exact) mass is 390 g/mol. The Labute approximate surface area is 157 Å². The maximum atomic E-state index is 13.8. The molecule has 0 spiro atoms. The minimum atomic E-state index is -0.654. The maximum Gasteiger partial charge on any atom is 0.310 e. The SMILES string of the molecule is O=C(OCc1nc(-c2cccc(Cl)c2)no1)C1CC1c1c(F)cccc1F. The topological polar surface area (TPSA) is 65.2 Å². The van der Waals surface area contributed by atoms with Crippen molar-refractivity contribution < 1.29 is 22.8 Å². The number of nitrogens with zero attached hydrogens (tertiary/aromatic N) is 2. The number of hydrogen-bond donors (Lipinski definition) is 0. The Morgan fingerprint density at radius 2 is 1.96 bits per heavy atom. The number of carbonyl (C=O) groups is 1. The molecule has 0 amide bonds. The first-order valence-corrected chi connectivity index (χ1v) is 8.60. The van der Waals surface area contributed by atoms with Crippen LogP contribution >= 0.6 is 11.6 Å². The van der Waals surface area contributed by atoms with Crippen LogP contribution in [-0.2, 0) is 16.1 Å². The summed E-state index contributed by atoms with van der Waals surface area (Å²) in [6.07, 6.45) is 0.342. The summed E-state index contributed by atoms with van der Waals surface area (Å²) in [6, 6.07) is 10.6. The third kappa shape index (κ3) is 3.68. The molecule has 3 aromatic rings. The van der Waals surface area contributed by atoms with Gasteiger partial charge in [0.1, 0.15) is 11.6 Å². The van der Waals surface area contributed by atoms with Gasteiger partial charge in [-0.3, -0.25) is 4.79 Å². The zero-order valence-electron chi connectivity index (χ0n) is 13.9. The number of esters is 1. The zero-order chi connectivity index (χ0) is 19.0. The molecule has 1 saturated carbocycles. The van der Waals surface area contributed by atoms with E-state index >= 15 is 0 Å². The number of rotatable bonds is 5. The molecule has 1 aliphatic rings. The van der Waals surface area contributed by atoms with E-state index in [1.165, 1.54) is 18.2 Å². The minimum absolute atomic E-state index is 0.0690. The molecular formula is C19H13ClF2N2O3. The number of aromatic nitrogens is 2. The summed E-state index contributed by atoms with van der Waals surface area (Å²) < 4.78 is 37.8. The van der Waals surface area contributed by atoms with Crippen LogP contribution in [0.15, 0.2) is 47.0 Å². The molecular weight excluding hydrogens is 378 g/mol. The second-order valence-electron chi connectivity index (χ2n) is 6.21. The molecule has 2 aromatic carbocycles. The lowest BCUT2D eigenvalue weighted by atomic mass is 10.1. The van der Waals surface area contributed by atoms with Crippen LogP contribution < -0.4 is 0 Å². The van der Waals surface area contributed by atoms with E-state index in [0.717, 1.165) is 0 Å². The van der Waals surface area contributed by atoms with Gasteiger partial charge in [0, 0.05) is 22.1 Å². The average Bonchev–Trinajstić information content (AvgIpc) is 3.27. The number of benzene rings is 2. The molecule has 2 atom stereocenters. The molecule has 0 aliphatic heterocycles. The molecule has 27 heavy (non-hydrogen) atoms. The number of carbonyl (C=O) groups excluding carboxylic acids is 1. The van der Waals surface area contributed by atoms with Crippen molar-refractivity contribution in [3.8, 4) is 11.4 Å². The van der Waals surface area contributed by atoms with E-state index in [4.69, 9.17) is 20.9 Å². The predicted octanol–water partition coefficient (Wildman–Crippen LogP) is 4.52. The van der Waals surface area contributed by atoms with Crippen molar-refractivity contribution >= 4 is 17.6 Å². The summed E-state index contributed by atoms with van der Waals surface area (Å²) in [7, 11) is 0. The number of hydrogen-bond acceptors (Lipinski definition) is 5. The summed E-state index contributed by atoms with van der Waals surface area (Å²) in [4.78, 5) is 16.3. The fraction of sp³-hybridized carbons (Fsp3) is 0.211. The van der Waals surface area contributed by atoms with Gasteiger partial charge in [-0.15, -0.1) is 0 Å². The highest BCUT2D eigenvalue weighted by molar-refractivity contribution is 6.30. The lowest BCUT2D eigenvalue weighted by molar-refractivity contribution is -0.147. The highest BCUT2D eigenvalue weighted by atomic mass is 35.5. The normalized spacial score (nSPS) is 18.3. The second-order valence-corrected chi connectivity index (χ2v) is 6.65. The zero-order valence-corrected chi connectivity index (χ0v) is 14.6. The first kappa shape index (κ1) is 17.6. The Hall–Kier alpha value is -2.80. The van der Waals surface area contributed by atoms with E-state index in [9.17, 15) is 13.6 Å². The molecule has 2 unspecified atom stereocenters. The van der Waals surface area contributed by atoms with Gasteiger partial charge in [0.05, 0.1) is 5.92 Å². The van der Waals surface area contributed by atoms with E-state index in [1.54, 1.807) is 24.3 Å². The Bertz CT molecular complexity index is 988. The summed E-state index contributed by atoms with van der Waals surface area (Å²) in [6.45, 7) is -0.213. The summed E-state index contributed by atoms with van der Waals surface area (Å²) in [5.74, 6) is -2.51. The van der Waals surface area contributed by atoms with Gasteiger partial charge in [-0.1, -0.05) is 35.0 Å². The first-order chi connectivity index (χ1) is 13.0. The van der Waals surface area contributed by atoms with Crippen LogP contribution in [0, 0.1) is 17.6 Å². The Balaban J connectivity index is 1.37. The Morgan fingerprint density at radius 3 is 2.70 bits per heavy atom. The van der Waals surface area contributed by atoms with Crippen LogP contribution in [0.5, 0.6) is 0 Å². The molecule has 8 heteroatoms. The first-order valence-electron chi connectivity index (χ1n) is 8.22. The van der Waals surface area contributed by atoms with Gasteiger partial charge in [-0.25, -0.2) is 8.78 Å². The Kier molecular flexibility index (Phi) is 4.61. The minimum Gasteiger partial charge on any atom is -0.455 e. The molecule has 1 aromatic heterocycles. The molecule has 5 nitrogen and oxygen atoms in total. The maximum absolute atomic E-state index is 13.8. The van der Waals surface area contributed by atoms with Crippen LogP contribution in [0.2, 0.25) is 5.02 Å². The van der Waals surface area contributed by atoms with Crippen LogP contribution in [-0.4, -0.2) is 16.1 Å². The van der Waals surface area contributed by atoms with Crippen molar-refractivity contribution in [1.82, 2.24) is 10.1 Å². The molecule has 1 aliphatic carbocycles. The lowest BCUT2D eigenvalue weighted by Gasteiger charge is -2.04. The summed E-state index contributed by atoms with van der Waals surface area (Å²) in [5, 5.41) is 4.35. The highest BCUT2D eigenvalue weighted by Crippen LogP contribution is 2.49. The van der Waals surface area contributed by atoms with E-state index < -0.39 is 29.4 Å². The van der Waals surface area contributed by atoms with Crippen LogP contribution in [0.4, 0.5) is 8.78 Å². The quantitative estimate of drug-likeness (QED) is 0.599. The van der Waals surface area contributed by atoms with Gasteiger partial charge < -0.3 is 9.26 Å². The van der Waals surface area contributed by atoms with E-state index in [1.807, 2.05) is 0 Å². The third-order valence-electron chi connectivity index (χ3n) is 4.35. The molecule has 1 fully saturated rings. The van der Waals surface area contributed by atoms with Gasteiger partial charge in [0.2, 0.25) is 5.82 Å². The van der Waals surface area contributed by atoms with Gasteiger partial charge in [0.15, 0.2) is 6.61 Å². The van der Waals surface area contributed by atoms with Crippen LogP contribution in [0.25, 0.3) is 11.4 Å². The van der Waals surface area contributed by atoms with Gasteiger partial charge in [-0.05, 0) is 30.7 Å². The van der Waals surface area contributed by atoms with E-state index in [2.05, 4.69) is 10.1 Å². The smallest absolute Gasteiger partial charge is 0.310 e. The van der Waals surface area contributed by atoms with Gasteiger partial charge in [0.25, 0.3) is 5.89 Å². The third-order valence-corrected chi connectivity index (χ3v) is 4.59. The molecule has 0 saturated heterocycles. The van der Waals surface area contributed by atoms with Crippen molar-refractivity contribution in [3.63, 3.8) is 0 Å². The van der Waals surface area contributed by atoms with E-state index in [-0.39, 0.29) is 18.1 Å².